The van der Waals surface area contributed by atoms with E-state index in [9.17, 15) is 4.79 Å². The summed E-state index contributed by atoms with van der Waals surface area (Å²) < 4.78 is 4.85. The molecule has 0 aromatic rings. The zero-order valence-electron chi connectivity index (χ0n) is 5.87. The van der Waals surface area contributed by atoms with Crippen molar-refractivity contribution in [3.8, 4) is 0 Å². The Balaban J connectivity index is 2.76. The highest BCUT2D eigenvalue weighted by Gasteiger charge is 2.17. The van der Waals surface area contributed by atoms with Gasteiger partial charge in [0.1, 0.15) is 0 Å². The molecule has 0 bridgehead atoms. The van der Waals surface area contributed by atoms with Crippen LogP contribution < -0.4 is 0 Å². The molecule has 0 unspecified atom stereocenters. The summed E-state index contributed by atoms with van der Waals surface area (Å²) in [4.78, 5) is 10.7. The van der Waals surface area contributed by atoms with E-state index >= 15 is 0 Å². The average molecular weight is 140 g/mol. The summed E-state index contributed by atoms with van der Waals surface area (Å²) in [5.41, 5.74) is 0. The summed E-state index contributed by atoms with van der Waals surface area (Å²) in [6.45, 7) is 3.20. The van der Waals surface area contributed by atoms with Crippen LogP contribution in [0.15, 0.2) is 17.1 Å². The minimum absolute atomic E-state index is 0.151. The molecule has 0 fully saturated rings. The fourth-order valence-corrected chi connectivity index (χ4v) is 0.658. The summed E-state index contributed by atoms with van der Waals surface area (Å²) >= 11 is 0. The fourth-order valence-electron chi connectivity index (χ4n) is 0.658. The largest absolute Gasteiger partial charge is 0.426 e. The van der Waals surface area contributed by atoms with Gasteiger partial charge >= 0.3 is 0 Å². The van der Waals surface area contributed by atoms with Crippen LogP contribution in [0.4, 0.5) is 0 Å². The SMILES string of the molecule is CC=C1OC=NN1C(C)=O. The Kier molecular flexibility index (Phi) is 1.71. The molecule has 4 heteroatoms. The molecule has 10 heavy (non-hydrogen) atoms. The van der Waals surface area contributed by atoms with Crippen molar-refractivity contribution in [2.24, 2.45) is 5.10 Å². The first-order valence-corrected chi connectivity index (χ1v) is 2.92. The second-order valence-corrected chi connectivity index (χ2v) is 1.80. The van der Waals surface area contributed by atoms with Crippen molar-refractivity contribution in [3.05, 3.63) is 12.0 Å². The Bertz CT molecular complexity index is 208. The van der Waals surface area contributed by atoms with Gasteiger partial charge < -0.3 is 4.74 Å². The highest BCUT2D eigenvalue weighted by molar-refractivity contribution is 5.77. The van der Waals surface area contributed by atoms with E-state index in [1.807, 2.05) is 0 Å². The summed E-state index contributed by atoms with van der Waals surface area (Å²) in [6, 6.07) is 0. The number of nitrogens with zero attached hydrogens (tertiary/aromatic N) is 2. The smallest absolute Gasteiger partial charge is 0.247 e. The molecule has 0 saturated heterocycles. The van der Waals surface area contributed by atoms with Crippen molar-refractivity contribution in [2.45, 2.75) is 13.8 Å². The Labute approximate surface area is 58.8 Å². The maximum Gasteiger partial charge on any atom is 0.247 e. The van der Waals surface area contributed by atoms with E-state index < -0.39 is 0 Å². The summed E-state index contributed by atoms with van der Waals surface area (Å²) in [7, 11) is 0. The standard InChI is InChI=1S/C6H8N2O2/c1-3-6-8(5(2)9)7-4-10-6/h3-4H,1-2H3. The molecule has 0 aromatic carbocycles. The number of rotatable bonds is 0. The maximum atomic E-state index is 10.7. The molecule has 1 aliphatic rings. The molecule has 0 N–H and O–H groups in total. The molecule has 0 radical (unpaired) electrons. The van der Waals surface area contributed by atoms with E-state index in [1.165, 1.54) is 18.3 Å². The van der Waals surface area contributed by atoms with Gasteiger partial charge in [0.05, 0.1) is 0 Å². The molecule has 1 aliphatic heterocycles. The van der Waals surface area contributed by atoms with Crippen molar-refractivity contribution in [3.63, 3.8) is 0 Å². The first-order chi connectivity index (χ1) is 4.75. The zero-order chi connectivity index (χ0) is 7.56. The second-order valence-electron chi connectivity index (χ2n) is 1.80. The number of hydrogen-bond acceptors (Lipinski definition) is 3. The molecule has 0 spiro atoms. The number of hydrogen-bond donors (Lipinski definition) is 0. The number of carbonyl (C=O) groups excluding carboxylic acids is 1. The minimum atomic E-state index is -0.151. The third kappa shape index (κ3) is 1.00. The van der Waals surface area contributed by atoms with E-state index in [-0.39, 0.29) is 5.91 Å². The van der Waals surface area contributed by atoms with Crippen LogP contribution in [0.5, 0.6) is 0 Å². The molecule has 1 amide bonds. The van der Waals surface area contributed by atoms with Crippen molar-refractivity contribution < 1.29 is 9.53 Å². The van der Waals surface area contributed by atoms with Gasteiger partial charge in [-0.2, -0.15) is 5.01 Å². The van der Waals surface area contributed by atoms with Crippen molar-refractivity contribution >= 4 is 12.3 Å². The fraction of sp³-hybridized carbons (Fsp3) is 0.333. The monoisotopic (exact) mass is 140 g/mol. The number of ether oxygens (including phenoxy) is 1. The predicted molar refractivity (Wildman–Crippen MR) is 35.9 cm³/mol. The molecule has 0 saturated carbocycles. The van der Waals surface area contributed by atoms with Gasteiger partial charge in [0, 0.05) is 6.92 Å². The molecule has 54 valence electrons. The Hall–Kier alpha value is -1.32. The van der Waals surface area contributed by atoms with E-state index in [2.05, 4.69) is 5.10 Å². The first-order valence-electron chi connectivity index (χ1n) is 2.92. The lowest BCUT2D eigenvalue weighted by Gasteiger charge is -2.07. The summed E-state index contributed by atoms with van der Waals surface area (Å²) in [5, 5.41) is 4.85. The average Bonchev–Trinajstić information content (AvgIpc) is 2.33. The van der Waals surface area contributed by atoms with Crippen LogP contribution in [0.1, 0.15) is 13.8 Å². The van der Waals surface area contributed by atoms with Gasteiger partial charge in [-0.15, -0.1) is 5.10 Å². The number of amides is 1. The number of hydrazone groups is 1. The lowest BCUT2D eigenvalue weighted by atomic mass is 10.6. The Morgan fingerprint density at radius 3 is 3.00 bits per heavy atom. The molecule has 0 aromatic heterocycles. The topological polar surface area (TPSA) is 41.9 Å². The molecular weight excluding hydrogens is 132 g/mol. The molecule has 1 rings (SSSR count). The second kappa shape index (κ2) is 2.51. The van der Waals surface area contributed by atoms with Gasteiger partial charge in [-0.3, -0.25) is 4.79 Å². The zero-order valence-corrected chi connectivity index (χ0v) is 5.87. The van der Waals surface area contributed by atoms with Gasteiger partial charge in [0.25, 0.3) is 0 Å². The van der Waals surface area contributed by atoms with Gasteiger partial charge in [0.15, 0.2) is 0 Å². The van der Waals surface area contributed by atoms with Crippen LogP contribution in [0.25, 0.3) is 0 Å². The maximum absolute atomic E-state index is 10.7. The highest BCUT2D eigenvalue weighted by atomic mass is 16.5. The highest BCUT2D eigenvalue weighted by Crippen LogP contribution is 2.11. The Morgan fingerprint density at radius 2 is 2.60 bits per heavy atom. The van der Waals surface area contributed by atoms with E-state index in [4.69, 9.17) is 4.74 Å². The van der Waals surface area contributed by atoms with Crippen LogP contribution in [-0.2, 0) is 9.53 Å². The van der Waals surface area contributed by atoms with Crippen LogP contribution in [0, 0.1) is 0 Å². The van der Waals surface area contributed by atoms with Gasteiger partial charge in [-0.05, 0) is 13.0 Å². The van der Waals surface area contributed by atoms with Crippen LogP contribution in [0.3, 0.4) is 0 Å². The van der Waals surface area contributed by atoms with E-state index in [0.29, 0.717) is 5.88 Å². The Morgan fingerprint density at radius 1 is 1.90 bits per heavy atom. The quantitative estimate of drug-likeness (QED) is 0.496. The van der Waals surface area contributed by atoms with Gasteiger partial charge in [-0.1, -0.05) is 0 Å². The van der Waals surface area contributed by atoms with Crippen LogP contribution in [0.2, 0.25) is 0 Å². The van der Waals surface area contributed by atoms with Crippen LogP contribution in [-0.4, -0.2) is 17.3 Å². The number of carbonyl (C=O) groups is 1. The first kappa shape index (κ1) is 6.80. The van der Waals surface area contributed by atoms with Gasteiger partial charge in [-0.25, -0.2) is 0 Å². The predicted octanol–water partition coefficient (Wildman–Crippen LogP) is 0.670. The lowest BCUT2D eigenvalue weighted by Crippen LogP contribution is -2.18. The summed E-state index contributed by atoms with van der Waals surface area (Å²) in [5.74, 6) is 0.314. The van der Waals surface area contributed by atoms with Crippen molar-refractivity contribution in [2.75, 3.05) is 0 Å². The number of allylic oxidation sites excluding steroid dienone is 1. The van der Waals surface area contributed by atoms with E-state index in [1.54, 1.807) is 13.0 Å². The minimum Gasteiger partial charge on any atom is -0.426 e. The van der Waals surface area contributed by atoms with E-state index in [0.717, 1.165) is 0 Å². The van der Waals surface area contributed by atoms with Crippen molar-refractivity contribution in [1.82, 2.24) is 5.01 Å². The van der Waals surface area contributed by atoms with Gasteiger partial charge in [0.2, 0.25) is 18.2 Å². The third-order valence-electron chi connectivity index (χ3n) is 1.09. The molecule has 1 heterocycles. The molecular formula is C6H8N2O2. The van der Waals surface area contributed by atoms with Crippen LogP contribution >= 0.6 is 0 Å². The molecule has 0 atom stereocenters. The normalized spacial score (nSPS) is 19.8. The molecule has 0 aliphatic carbocycles. The lowest BCUT2D eigenvalue weighted by molar-refractivity contribution is -0.127. The van der Waals surface area contributed by atoms with Crippen molar-refractivity contribution in [1.29, 1.82) is 0 Å². The summed E-state index contributed by atoms with van der Waals surface area (Å²) in [6.07, 6.45) is 2.91. The third-order valence-corrected chi connectivity index (χ3v) is 1.09. The molecule has 4 nitrogen and oxygen atoms in total.